The van der Waals surface area contributed by atoms with Crippen LogP contribution in [0.25, 0.3) is 0 Å². The summed E-state index contributed by atoms with van der Waals surface area (Å²) in [6.45, 7) is 7.64. The topological polar surface area (TPSA) is 59.6 Å². The zero-order chi connectivity index (χ0) is 14.3. The van der Waals surface area contributed by atoms with Crippen molar-refractivity contribution in [2.45, 2.75) is 13.8 Å². The van der Waals surface area contributed by atoms with Crippen molar-refractivity contribution >= 4 is 5.91 Å². The number of hydrogen-bond donors (Lipinski definition) is 2. The van der Waals surface area contributed by atoms with Crippen LogP contribution in [-0.4, -0.2) is 19.6 Å². The lowest BCUT2D eigenvalue weighted by Gasteiger charge is -2.14. The summed E-state index contributed by atoms with van der Waals surface area (Å²) in [6, 6.07) is 7.16. The number of carbonyl (C=O) groups excluding carboxylic acids is 1. The Morgan fingerprint density at radius 3 is 2.47 bits per heavy atom. The third kappa shape index (κ3) is 4.91. The molecule has 0 aromatic heterocycles. The maximum Gasteiger partial charge on any atom is 0.276 e. The number of benzene rings is 1. The Bertz CT molecular complexity index is 444. The normalized spacial score (nSPS) is 9.89. The van der Waals surface area contributed by atoms with Crippen LogP contribution in [0.3, 0.4) is 0 Å². The highest BCUT2D eigenvalue weighted by molar-refractivity contribution is 5.77. The zero-order valence-electron chi connectivity index (χ0n) is 11.5. The zero-order valence-corrected chi connectivity index (χ0v) is 11.5. The summed E-state index contributed by atoms with van der Waals surface area (Å²) in [5.41, 5.74) is 6.00. The summed E-state index contributed by atoms with van der Waals surface area (Å²) in [6.07, 6.45) is 0. The highest BCUT2D eigenvalue weighted by Gasteiger charge is 2.07. The molecule has 1 rings (SSSR count). The van der Waals surface area contributed by atoms with E-state index in [1.807, 2.05) is 26.0 Å². The molecule has 0 saturated heterocycles. The van der Waals surface area contributed by atoms with Crippen LogP contribution >= 0.6 is 0 Å². The number of para-hydroxylation sites is 2. The molecule has 0 atom stereocenters. The Hall–Kier alpha value is -2.17. The number of hydrazine groups is 1. The van der Waals surface area contributed by atoms with Crippen molar-refractivity contribution in [3.63, 3.8) is 0 Å². The Kier molecular flexibility index (Phi) is 5.73. The van der Waals surface area contributed by atoms with E-state index in [2.05, 4.69) is 17.4 Å². The molecule has 1 aromatic carbocycles. The molecule has 0 unspecified atom stereocenters. The van der Waals surface area contributed by atoms with Crippen molar-refractivity contribution in [2.75, 3.05) is 13.7 Å². The number of carbonyl (C=O) groups is 1. The highest BCUT2D eigenvalue weighted by atomic mass is 16.5. The van der Waals surface area contributed by atoms with Crippen molar-refractivity contribution in [2.24, 2.45) is 5.92 Å². The molecule has 0 saturated carbocycles. The predicted molar refractivity (Wildman–Crippen MR) is 73.7 cm³/mol. The second-order valence-corrected chi connectivity index (χ2v) is 4.29. The van der Waals surface area contributed by atoms with E-state index in [1.54, 1.807) is 19.2 Å². The quantitative estimate of drug-likeness (QED) is 0.738. The fourth-order valence-corrected chi connectivity index (χ4v) is 1.21. The van der Waals surface area contributed by atoms with Gasteiger partial charge in [-0.25, -0.2) is 0 Å². The average Bonchev–Trinajstić information content (AvgIpc) is 2.42. The molecular weight excluding hydrogens is 244 g/mol. The van der Waals surface area contributed by atoms with Gasteiger partial charge in [0.2, 0.25) is 0 Å². The van der Waals surface area contributed by atoms with Gasteiger partial charge in [0.15, 0.2) is 18.1 Å². The summed E-state index contributed by atoms with van der Waals surface area (Å²) in [4.78, 5) is 11.6. The number of hydrogen-bond acceptors (Lipinski definition) is 4. The Morgan fingerprint density at radius 2 is 1.89 bits per heavy atom. The molecule has 104 valence electrons. The molecule has 0 bridgehead atoms. The maximum absolute atomic E-state index is 11.6. The largest absolute Gasteiger partial charge is 0.493 e. The van der Waals surface area contributed by atoms with E-state index in [0.29, 0.717) is 11.5 Å². The molecule has 5 nitrogen and oxygen atoms in total. The monoisotopic (exact) mass is 264 g/mol. The van der Waals surface area contributed by atoms with E-state index < -0.39 is 0 Å². The molecule has 5 heteroatoms. The number of rotatable bonds is 7. The molecule has 0 aliphatic rings. The number of amides is 1. The summed E-state index contributed by atoms with van der Waals surface area (Å²) >= 11 is 0. The molecule has 0 radical (unpaired) electrons. The van der Waals surface area contributed by atoms with E-state index in [4.69, 9.17) is 9.47 Å². The predicted octanol–water partition coefficient (Wildman–Crippen LogP) is 1.86. The molecule has 0 heterocycles. The lowest BCUT2D eigenvalue weighted by Crippen LogP contribution is -2.40. The van der Waals surface area contributed by atoms with E-state index in [-0.39, 0.29) is 18.4 Å². The van der Waals surface area contributed by atoms with Gasteiger partial charge >= 0.3 is 0 Å². The Labute approximate surface area is 113 Å². The van der Waals surface area contributed by atoms with Gasteiger partial charge in [0.25, 0.3) is 5.91 Å². The van der Waals surface area contributed by atoms with Crippen LogP contribution in [0.2, 0.25) is 0 Å². The fourth-order valence-electron chi connectivity index (χ4n) is 1.21. The van der Waals surface area contributed by atoms with Crippen LogP contribution in [-0.2, 0) is 4.79 Å². The van der Waals surface area contributed by atoms with E-state index in [9.17, 15) is 4.79 Å². The minimum absolute atomic E-state index is 0.0985. The van der Waals surface area contributed by atoms with Crippen molar-refractivity contribution < 1.29 is 14.3 Å². The molecular formula is C14H20N2O3. The van der Waals surface area contributed by atoms with Crippen LogP contribution in [0.1, 0.15) is 13.8 Å². The van der Waals surface area contributed by atoms with Gasteiger partial charge in [-0.2, -0.15) is 0 Å². The van der Waals surface area contributed by atoms with Gasteiger partial charge < -0.3 is 14.9 Å². The van der Waals surface area contributed by atoms with Crippen LogP contribution < -0.4 is 20.3 Å². The van der Waals surface area contributed by atoms with Gasteiger partial charge in [0, 0.05) is 5.70 Å². The summed E-state index contributed by atoms with van der Waals surface area (Å²) in [7, 11) is 1.55. The molecule has 2 N–H and O–H groups in total. The molecule has 0 aliphatic carbocycles. The lowest BCUT2D eigenvalue weighted by molar-refractivity contribution is -0.123. The van der Waals surface area contributed by atoms with Gasteiger partial charge in [-0.15, -0.1) is 0 Å². The maximum atomic E-state index is 11.6. The van der Waals surface area contributed by atoms with E-state index in [0.717, 1.165) is 5.70 Å². The SMILES string of the molecule is C=C(NNC(=O)COc1ccccc1OC)C(C)C. The van der Waals surface area contributed by atoms with Gasteiger partial charge in [-0.3, -0.25) is 10.2 Å². The summed E-state index contributed by atoms with van der Waals surface area (Å²) in [5.74, 6) is 1.08. The number of allylic oxidation sites excluding steroid dienone is 1. The number of ether oxygens (including phenoxy) is 2. The molecule has 0 fully saturated rings. The minimum atomic E-state index is -0.285. The van der Waals surface area contributed by atoms with E-state index in [1.165, 1.54) is 0 Å². The molecule has 19 heavy (non-hydrogen) atoms. The lowest BCUT2D eigenvalue weighted by atomic mass is 10.2. The van der Waals surface area contributed by atoms with Crippen LogP contribution in [0, 0.1) is 5.92 Å². The first-order valence-corrected chi connectivity index (χ1v) is 6.04. The first kappa shape index (κ1) is 14.9. The Morgan fingerprint density at radius 1 is 1.26 bits per heavy atom. The first-order valence-electron chi connectivity index (χ1n) is 6.04. The van der Waals surface area contributed by atoms with Crippen molar-refractivity contribution in [3.05, 3.63) is 36.5 Å². The van der Waals surface area contributed by atoms with Gasteiger partial charge in [-0.1, -0.05) is 32.6 Å². The average molecular weight is 264 g/mol. The van der Waals surface area contributed by atoms with Crippen LogP contribution in [0.5, 0.6) is 11.5 Å². The van der Waals surface area contributed by atoms with Crippen molar-refractivity contribution in [1.29, 1.82) is 0 Å². The van der Waals surface area contributed by atoms with Crippen LogP contribution in [0.15, 0.2) is 36.5 Å². The second kappa shape index (κ2) is 7.31. The Balaban J connectivity index is 2.40. The smallest absolute Gasteiger partial charge is 0.276 e. The van der Waals surface area contributed by atoms with Gasteiger partial charge in [0.1, 0.15) is 0 Å². The standard InChI is InChI=1S/C14H20N2O3/c1-10(2)11(3)15-16-14(17)9-19-13-8-6-5-7-12(13)18-4/h5-8,10,15H,3,9H2,1-2,4H3,(H,16,17). The van der Waals surface area contributed by atoms with Crippen LogP contribution in [0.4, 0.5) is 0 Å². The molecule has 0 aliphatic heterocycles. The first-order chi connectivity index (χ1) is 9.04. The van der Waals surface area contributed by atoms with Gasteiger partial charge in [0.05, 0.1) is 7.11 Å². The molecule has 1 amide bonds. The summed E-state index contributed by atoms with van der Waals surface area (Å²) < 4.78 is 10.5. The van der Waals surface area contributed by atoms with Gasteiger partial charge in [-0.05, 0) is 18.1 Å². The highest BCUT2D eigenvalue weighted by Crippen LogP contribution is 2.25. The molecule has 1 aromatic rings. The fraction of sp³-hybridized carbons (Fsp3) is 0.357. The van der Waals surface area contributed by atoms with E-state index >= 15 is 0 Å². The summed E-state index contributed by atoms with van der Waals surface area (Å²) in [5, 5.41) is 0. The second-order valence-electron chi connectivity index (χ2n) is 4.29. The third-order valence-electron chi connectivity index (χ3n) is 2.49. The number of nitrogens with one attached hydrogen (secondary N) is 2. The van der Waals surface area contributed by atoms with Crippen molar-refractivity contribution in [3.8, 4) is 11.5 Å². The number of methoxy groups -OCH3 is 1. The minimum Gasteiger partial charge on any atom is -0.493 e. The molecule has 0 spiro atoms. The third-order valence-corrected chi connectivity index (χ3v) is 2.49. The van der Waals surface area contributed by atoms with Crippen molar-refractivity contribution in [1.82, 2.24) is 10.9 Å².